The molecule has 0 unspecified atom stereocenters. The first-order valence-electron chi connectivity index (χ1n) is 5.03. The van der Waals surface area contributed by atoms with Gasteiger partial charge >= 0.3 is 0 Å². The SMILES string of the molecule is Cc1cc(F)c(NCCOCCO)cc1F. The van der Waals surface area contributed by atoms with Crippen molar-refractivity contribution in [2.45, 2.75) is 6.92 Å². The second-order valence-corrected chi connectivity index (χ2v) is 3.34. The van der Waals surface area contributed by atoms with Crippen LogP contribution in [0.1, 0.15) is 5.56 Å². The Bertz CT molecular complexity index is 345. The molecule has 90 valence electrons. The molecule has 0 aromatic heterocycles. The highest BCUT2D eigenvalue weighted by Gasteiger charge is 2.06. The van der Waals surface area contributed by atoms with Gasteiger partial charge in [-0.2, -0.15) is 0 Å². The summed E-state index contributed by atoms with van der Waals surface area (Å²) in [5.74, 6) is -0.929. The van der Waals surface area contributed by atoms with Gasteiger partial charge in [-0.15, -0.1) is 0 Å². The summed E-state index contributed by atoms with van der Waals surface area (Å²) in [5, 5.41) is 11.2. The van der Waals surface area contributed by atoms with Crippen LogP contribution in [0.15, 0.2) is 12.1 Å². The van der Waals surface area contributed by atoms with E-state index in [0.29, 0.717) is 13.2 Å². The van der Waals surface area contributed by atoms with Crippen molar-refractivity contribution in [3.63, 3.8) is 0 Å². The van der Waals surface area contributed by atoms with Gasteiger partial charge in [-0.05, 0) is 18.6 Å². The molecule has 2 N–H and O–H groups in total. The van der Waals surface area contributed by atoms with E-state index in [1.54, 1.807) is 0 Å². The number of anilines is 1. The molecule has 1 aromatic rings. The first kappa shape index (κ1) is 12.9. The lowest BCUT2D eigenvalue weighted by molar-refractivity contribution is 0.0992. The first-order valence-corrected chi connectivity index (χ1v) is 5.03. The summed E-state index contributed by atoms with van der Waals surface area (Å²) >= 11 is 0. The third kappa shape index (κ3) is 3.75. The number of aryl methyl sites for hydroxylation is 1. The van der Waals surface area contributed by atoms with Gasteiger partial charge in [-0.25, -0.2) is 8.78 Å². The zero-order chi connectivity index (χ0) is 12.0. The summed E-state index contributed by atoms with van der Waals surface area (Å²) in [5.41, 5.74) is 0.398. The maximum atomic E-state index is 13.3. The van der Waals surface area contributed by atoms with Gasteiger partial charge < -0.3 is 15.2 Å². The van der Waals surface area contributed by atoms with E-state index in [-0.39, 0.29) is 24.5 Å². The van der Waals surface area contributed by atoms with Crippen LogP contribution in [0, 0.1) is 18.6 Å². The number of aliphatic hydroxyl groups excluding tert-OH is 1. The highest BCUT2D eigenvalue weighted by atomic mass is 19.1. The summed E-state index contributed by atoms with van der Waals surface area (Å²) in [6.07, 6.45) is 0. The third-order valence-electron chi connectivity index (χ3n) is 2.05. The summed E-state index contributed by atoms with van der Waals surface area (Å²) in [6.45, 7) is 2.39. The van der Waals surface area contributed by atoms with Crippen LogP contribution in [0.4, 0.5) is 14.5 Å². The van der Waals surface area contributed by atoms with E-state index in [1.165, 1.54) is 6.92 Å². The lowest BCUT2D eigenvalue weighted by Gasteiger charge is -2.09. The smallest absolute Gasteiger partial charge is 0.146 e. The second-order valence-electron chi connectivity index (χ2n) is 3.34. The Labute approximate surface area is 93.0 Å². The zero-order valence-corrected chi connectivity index (χ0v) is 9.09. The molecule has 0 atom stereocenters. The predicted molar refractivity (Wildman–Crippen MR) is 57.5 cm³/mol. The van der Waals surface area contributed by atoms with Crippen LogP contribution < -0.4 is 5.32 Å². The summed E-state index contributed by atoms with van der Waals surface area (Å²) in [7, 11) is 0. The van der Waals surface area contributed by atoms with E-state index < -0.39 is 11.6 Å². The Hall–Kier alpha value is -1.20. The van der Waals surface area contributed by atoms with Gasteiger partial charge in [0.15, 0.2) is 0 Å². The van der Waals surface area contributed by atoms with E-state index in [1.807, 2.05) is 0 Å². The molecule has 0 aliphatic carbocycles. The minimum absolute atomic E-state index is 0.0481. The molecule has 0 aliphatic heterocycles. The van der Waals surface area contributed by atoms with Crippen LogP contribution in [-0.2, 0) is 4.74 Å². The number of benzene rings is 1. The minimum Gasteiger partial charge on any atom is -0.394 e. The molecular formula is C11H15F2NO2. The van der Waals surface area contributed by atoms with Crippen LogP contribution in [-0.4, -0.2) is 31.5 Å². The maximum Gasteiger partial charge on any atom is 0.146 e. The van der Waals surface area contributed by atoms with E-state index in [9.17, 15) is 8.78 Å². The molecule has 3 nitrogen and oxygen atoms in total. The Balaban J connectivity index is 2.45. The van der Waals surface area contributed by atoms with Crippen molar-refractivity contribution < 1.29 is 18.6 Å². The fourth-order valence-electron chi connectivity index (χ4n) is 1.21. The lowest BCUT2D eigenvalue weighted by atomic mass is 10.2. The van der Waals surface area contributed by atoms with Crippen LogP contribution in [0.2, 0.25) is 0 Å². The Morgan fingerprint density at radius 2 is 2.00 bits per heavy atom. The van der Waals surface area contributed by atoms with Crippen molar-refractivity contribution >= 4 is 5.69 Å². The summed E-state index contributed by atoms with van der Waals surface area (Å²) in [6, 6.07) is 2.27. The molecule has 1 aromatic carbocycles. The molecule has 0 bridgehead atoms. The fourth-order valence-corrected chi connectivity index (χ4v) is 1.21. The van der Waals surface area contributed by atoms with Crippen molar-refractivity contribution in [1.29, 1.82) is 0 Å². The van der Waals surface area contributed by atoms with Crippen molar-refractivity contribution in [2.24, 2.45) is 0 Å². The molecule has 0 heterocycles. The van der Waals surface area contributed by atoms with Gasteiger partial charge in [0.1, 0.15) is 11.6 Å². The molecule has 0 fully saturated rings. The van der Waals surface area contributed by atoms with Gasteiger partial charge in [0.25, 0.3) is 0 Å². The fraction of sp³-hybridized carbons (Fsp3) is 0.455. The number of halogens is 2. The number of rotatable bonds is 6. The third-order valence-corrected chi connectivity index (χ3v) is 2.05. The molecule has 1 rings (SSSR count). The molecule has 0 radical (unpaired) electrons. The molecule has 0 aliphatic rings. The monoisotopic (exact) mass is 231 g/mol. The van der Waals surface area contributed by atoms with Crippen LogP contribution in [0.25, 0.3) is 0 Å². The molecule has 0 saturated carbocycles. The average Bonchev–Trinajstić information content (AvgIpc) is 2.25. The van der Waals surface area contributed by atoms with Gasteiger partial charge in [0.05, 0.1) is 25.5 Å². The predicted octanol–water partition coefficient (Wildman–Crippen LogP) is 1.69. The zero-order valence-electron chi connectivity index (χ0n) is 9.09. The van der Waals surface area contributed by atoms with Crippen molar-refractivity contribution in [3.8, 4) is 0 Å². The standard InChI is InChI=1S/C11H15F2NO2/c1-8-6-10(13)11(7-9(8)12)14-2-4-16-5-3-15/h6-7,14-15H,2-5H2,1H3. The van der Waals surface area contributed by atoms with Gasteiger partial charge in [0, 0.05) is 12.6 Å². The van der Waals surface area contributed by atoms with Gasteiger partial charge in [-0.1, -0.05) is 0 Å². The Morgan fingerprint density at radius 3 is 2.69 bits per heavy atom. The summed E-state index contributed by atoms with van der Waals surface area (Å²) in [4.78, 5) is 0. The maximum absolute atomic E-state index is 13.3. The topological polar surface area (TPSA) is 41.5 Å². The Kier molecular flexibility index (Phi) is 5.14. The molecule has 16 heavy (non-hydrogen) atoms. The van der Waals surface area contributed by atoms with E-state index in [0.717, 1.165) is 12.1 Å². The van der Waals surface area contributed by atoms with E-state index >= 15 is 0 Å². The minimum atomic E-state index is -0.485. The summed E-state index contributed by atoms with van der Waals surface area (Å²) < 4.78 is 31.4. The largest absolute Gasteiger partial charge is 0.394 e. The number of aliphatic hydroxyl groups is 1. The van der Waals surface area contributed by atoms with Gasteiger partial charge in [-0.3, -0.25) is 0 Å². The molecule has 0 amide bonds. The van der Waals surface area contributed by atoms with Crippen molar-refractivity contribution in [3.05, 3.63) is 29.3 Å². The van der Waals surface area contributed by atoms with Crippen LogP contribution in [0.3, 0.4) is 0 Å². The number of ether oxygens (including phenoxy) is 1. The number of hydrogen-bond donors (Lipinski definition) is 2. The quantitative estimate of drug-likeness (QED) is 0.732. The average molecular weight is 231 g/mol. The molecule has 5 heteroatoms. The number of hydrogen-bond acceptors (Lipinski definition) is 3. The molecule has 0 spiro atoms. The first-order chi connectivity index (χ1) is 7.65. The molecular weight excluding hydrogens is 216 g/mol. The number of nitrogens with one attached hydrogen (secondary N) is 1. The van der Waals surface area contributed by atoms with Crippen LogP contribution in [0.5, 0.6) is 0 Å². The van der Waals surface area contributed by atoms with E-state index in [4.69, 9.17) is 9.84 Å². The van der Waals surface area contributed by atoms with Crippen molar-refractivity contribution in [1.82, 2.24) is 0 Å². The normalized spacial score (nSPS) is 10.5. The van der Waals surface area contributed by atoms with Crippen molar-refractivity contribution in [2.75, 3.05) is 31.7 Å². The molecule has 0 saturated heterocycles. The van der Waals surface area contributed by atoms with E-state index in [2.05, 4.69) is 5.32 Å². The highest BCUT2D eigenvalue weighted by molar-refractivity contribution is 5.46. The van der Waals surface area contributed by atoms with Crippen LogP contribution >= 0.6 is 0 Å². The Morgan fingerprint density at radius 1 is 1.25 bits per heavy atom. The highest BCUT2D eigenvalue weighted by Crippen LogP contribution is 2.18. The lowest BCUT2D eigenvalue weighted by Crippen LogP contribution is -2.12. The van der Waals surface area contributed by atoms with Gasteiger partial charge in [0.2, 0.25) is 0 Å². The second kappa shape index (κ2) is 6.40.